The van der Waals surface area contributed by atoms with Gasteiger partial charge >= 0.3 is 5.69 Å². The summed E-state index contributed by atoms with van der Waals surface area (Å²) in [5.74, 6) is 0.878. The molecule has 0 aliphatic rings. The molecule has 1 N–H and O–H groups in total. The molecule has 8 nitrogen and oxygen atoms in total. The van der Waals surface area contributed by atoms with Crippen molar-refractivity contribution in [2.24, 2.45) is 0 Å². The monoisotopic (exact) mass is 285 g/mol. The summed E-state index contributed by atoms with van der Waals surface area (Å²) in [5, 5.41) is 18.5. The lowest BCUT2D eigenvalue weighted by molar-refractivity contribution is -0.384. The van der Waals surface area contributed by atoms with Crippen molar-refractivity contribution in [3.8, 4) is 0 Å². The molecule has 0 unspecified atom stereocenters. The van der Waals surface area contributed by atoms with E-state index >= 15 is 0 Å². The van der Waals surface area contributed by atoms with Gasteiger partial charge in [0.25, 0.3) is 0 Å². The highest BCUT2D eigenvalue weighted by Crippen LogP contribution is 2.31. The minimum atomic E-state index is -0.471. The van der Waals surface area contributed by atoms with E-state index in [9.17, 15) is 10.1 Å². The molecule has 1 aromatic carbocycles. The summed E-state index contributed by atoms with van der Waals surface area (Å²) in [4.78, 5) is 18.8. The summed E-state index contributed by atoms with van der Waals surface area (Å²) in [6.07, 6.45) is 1.24. The van der Waals surface area contributed by atoms with E-state index in [2.05, 4.69) is 20.4 Å². The van der Waals surface area contributed by atoms with Crippen LogP contribution >= 0.6 is 0 Å². The maximum absolute atomic E-state index is 11.2. The number of nitro groups is 1. The third kappa shape index (κ3) is 2.50. The molecule has 21 heavy (non-hydrogen) atoms. The number of benzene rings is 1. The van der Waals surface area contributed by atoms with E-state index in [1.165, 1.54) is 6.20 Å². The number of rotatable bonds is 4. The lowest BCUT2D eigenvalue weighted by atomic mass is 10.1. The second-order valence-electron chi connectivity index (χ2n) is 4.38. The van der Waals surface area contributed by atoms with Gasteiger partial charge in [-0.05, 0) is 13.0 Å². The Kier molecular flexibility index (Phi) is 3.19. The van der Waals surface area contributed by atoms with Crippen LogP contribution in [0.3, 0.4) is 0 Å². The number of anilines is 1. The second kappa shape index (κ2) is 5.16. The van der Waals surface area contributed by atoms with Gasteiger partial charge in [-0.1, -0.05) is 23.4 Å². The van der Waals surface area contributed by atoms with Gasteiger partial charge in [-0.3, -0.25) is 10.1 Å². The van der Waals surface area contributed by atoms with Gasteiger partial charge in [-0.25, -0.2) is 4.98 Å². The molecule has 2 aromatic heterocycles. The normalized spacial score (nSPS) is 10.7. The Labute approximate surface area is 119 Å². The van der Waals surface area contributed by atoms with Crippen LogP contribution in [0.4, 0.5) is 11.4 Å². The number of hydrogen-bond donors (Lipinski definition) is 1. The molecule has 0 radical (unpaired) electrons. The Morgan fingerprint density at radius 1 is 1.38 bits per heavy atom. The molecule has 0 aliphatic carbocycles. The molecule has 0 amide bonds. The van der Waals surface area contributed by atoms with Gasteiger partial charge in [-0.15, -0.1) is 0 Å². The van der Waals surface area contributed by atoms with E-state index in [-0.39, 0.29) is 12.2 Å². The molecule has 2 heterocycles. The summed E-state index contributed by atoms with van der Waals surface area (Å²) in [6, 6.07) is 7.19. The fraction of sp³-hybridized carbons (Fsp3) is 0.154. The van der Waals surface area contributed by atoms with E-state index in [0.717, 1.165) is 0 Å². The molecule has 8 heteroatoms. The van der Waals surface area contributed by atoms with E-state index in [1.54, 1.807) is 25.1 Å². The summed E-state index contributed by atoms with van der Waals surface area (Å²) >= 11 is 0. The Bertz CT molecular complexity index is 814. The molecule has 0 spiro atoms. The van der Waals surface area contributed by atoms with Crippen LogP contribution < -0.4 is 5.32 Å². The number of hydrogen-bond acceptors (Lipinski definition) is 7. The summed E-state index contributed by atoms with van der Waals surface area (Å²) in [6.45, 7) is 1.91. The van der Waals surface area contributed by atoms with Crippen molar-refractivity contribution in [1.82, 2.24) is 15.1 Å². The summed E-state index contributed by atoms with van der Waals surface area (Å²) < 4.78 is 4.99. The molecule has 0 bridgehead atoms. The van der Waals surface area contributed by atoms with Crippen molar-refractivity contribution in [1.29, 1.82) is 0 Å². The smallest absolute Gasteiger partial charge is 0.311 e. The number of nitrogens with zero attached hydrogens (tertiary/aromatic N) is 4. The first-order valence-electron chi connectivity index (χ1n) is 6.20. The molecule has 0 aliphatic heterocycles. The zero-order valence-corrected chi connectivity index (χ0v) is 11.1. The highest BCUT2D eigenvalue weighted by Gasteiger charge is 2.18. The lowest BCUT2D eigenvalue weighted by Gasteiger charge is -2.08. The average molecular weight is 285 g/mol. The Morgan fingerprint density at radius 3 is 2.90 bits per heavy atom. The first-order valence-corrected chi connectivity index (χ1v) is 6.20. The lowest BCUT2D eigenvalue weighted by Crippen LogP contribution is -2.04. The SMILES string of the molecule is Cc1noc(CNc2c([N+](=O)[O-])cnc3ccccc23)n1. The standard InChI is InChI=1S/C13H11N5O3/c1-8-16-12(21-17-8)7-15-13-9-4-2-3-5-10(9)14-6-11(13)18(19)20/h2-6H,7H2,1H3,(H,14,15). The zero-order chi connectivity index (χ0) is 14.8. The summed E-state index contributed by atoms with van der Waals surface area (Å²) in [7, 11) is 0. The molecule has 3 rings (SSSR count). The van der Waals surface area contributed by atoms with Crippen molar-refractivity contribution in [2.75, 3.05) is 5.32 Å². The Balaban J connectivity index is 2.01. The molecule has 0 saturated carbocycles. The van der Waals surface area contributed by atoms with Crippen LogP contribution in [0.2, 0.25) is 0 Å². The highest BCUT2D eigenvalue weighted by atomic mass is 16.6. The fourth-order valence-electron chi connectivity index (χ4n) is 2.03. The zero-order valence-electron chi connectivity index (χ0n) is 11.1. The van der Waals surface area contributed by atoms with Crippen LogP contribution in [0.1, 0.15) is 11.7 Å². The first kappa shape index (κ1) is 13.0. The average Bonchev–Trinajstić information content (AvgIpc) is 2.90. The van der Waals surface area contributed by atoms with Gasteiger partial charge in [0.1, 0.15) is 11.9 Å². The van der Waals surface area contributed by atoms with E-state index < -0.39 is 4.92 Å². The van der Waals surface area contributed by atoms with E-state index in [0.29, 0.717) is 28.3 Å². The summed E-state index contributed by atoms with van der Waals surface area (Å²) in [5.41, 5.74) is 0.971. The minimum Gasteiger partial charge on any atom is -0.370 e. The number of aromatic nitrogens is 3. The molecule has 0 atom stereocenters. The topological polar surface area (TPSA) is 107 Å². The minimum absolute atomic E-state index is 0.0927. The van der Waals surface area contributed by atoms with Gasteiger partial charge in [-0.2, -0.15) is 4.98 Å². The third-order valence-corrected chi connectivity index (χ3v) is 2.94. The number of pyridine rings is 1. The molecule has 3 aromatic rings. The van der Waals surface area contributed by atoms with Gasteiger partial charge in [0.05, 0.1) is 17.0 Å². The van der Waals surface area contributed by atoms with Crippen molar-refractivity contribution >= 4 is 22.3 Å². The quantitative estimate of drug-likeness (QED) is 0.579. The number of nitrogens with one attached hydrogen (secondary N) is 1. The van der Waals surface area contributed by atoms with Crippen LogP contribution in [0.15, 0.2) is 35.0 Å². The van der Waals surface area contributed by atoms with E-state index in [1.807, 2.05) is 6.07 Å². The number of aryl methyl sites for hydroxylation is 1. The van der Waals surface area contributed by atoms with Crippen LogP contribution in [-0.2, 0) is 6.54 Å². The van der Waals surface area contributed by atoms with Crippen molar-refractivity contribution < 1.29 is 9.45 Å². The Morgan fingerprint density at radius 2 is 2.19 bits per heavy atom. The van der Waals surface area contributed by atoms with Gasteiger partial charge in [0.2, 0.25) is 5.89 Å². The number of para-hydroxylation sites is 1. The van der Waals surface area contributed by atoms with Crippen molar-refractivity contribution in [2.45, 2.75) is 13.5 Å². The maximum atomic E-state index is 11.2. The largest absolute Gasteiger partial charge is 0.370 e. The fourth-order valence-corrected chi connectivity index (χ4v) is 2.03. The van der Waals surface area contributed by atoms with E-state index in [4.69, 9.17) is 4.52 Å². The van der Waals surface area contributed by atoms with Gasteiger partial charge in [0.15, 0.2) is 5.82 Å². The van der Waals surface area contributed by atoms with Gasteiger partial charge < -0.3 is 9.84 Å². The van der Waals surface area contributed by atoms with Gasteiger partial charge in [0, 0.05) is 5.39 Å². The second-order valence-corrected chi connectivity index (χ2v) is 4.38. The highest BCUT2D eigenvalue weighted by molar-refractivity contribution is 5.95. The predicted octanol–water partition coefficient (Wildman–Crippen LogP) is 2.45. The first-order chi connectivity index (χ1) is 10.1. The maximum Gasteiger partial charge on any atom is 0.311 e. The van der Waals surface area contributed by atoms with Crippen molar-refractivity contribution in [3.05, 3.63) is 52.3 Å². The molecule has 0 saturated heterocycles. The number of fused-ring (bicyclic) bond motifs is 1. The van der Waals surface area contributed by atoms with Crippen LogP contribution in [-0.4, -0.2) is 20.0 Å². The predicted molar refractivity (Wildman–Crippen MR) is 74.8 cm³/mol. The molecule has 0 fully saturated rings. The van der Waals surface area contributed by atoms with Crippen molar-refractivity contribution in [3.63, 3.8) is 0 Å². The van der Waals surface area contributed by atoms with Crippen LogP contribution in [0.5, 0.6) is 0 Å². The molecular weight excluding hydrogens is 274 g/mol. The Hall–Kier alpha value is -3.03. The van der Waals surface area contributed by atoms with Crippen LogP contribution in [0, 0.1) is 17.0 Å². The molecule has 106 valence electrons. The molecular formula is C13H11N5O3. The van der Waals surface area contributed by atoms with Crippen LogP contribution in [0.25, 0.3) is 10.9 Å². The third-order valence-electron chi connectivity index (χ3n) is 2.94.